The fraction of sp³-hybridized carbons (Fsp3) is 0.733. The molecule has 2 rings (SSSR count). The first-order chi connectivity index (χ1) is 9.18. The van der Waals surface area contributed by atoms with E-state index in [4.69, 9.17) is 5.11 Å². The highest BCUT2D eigenvalue weighted by atomic mass is 16.4. The fourth-order valence-electron chi connectivity index (χ4n) is 3.18. The molecule has 0 saturated heterocycles. The molecule has 2 aliphatic rings. The predicted molar refractivity (Wildman–Crippen MR) is 72.6 cm³/mol. The van der Waals surface area contributed by atoms with Crippen LogP contribution in [0.1, 0.15) is 51.4 Å². The van der Waals surface area contributed by atoms with Crippen molar-refractivity contribution >= 4 is 11.9 Å². The van der Waals surface area contributed by atoms with E-state index >= 15 is 0 Å². The van der Waals surface area contributed by atoms with Gasteiger partial charge in [0.05, 0.1) is 11.8 Å². The number of allylic oxidation sites excluding steroid dienone is 1. The van der Waals surface area contributed by atoms with Crippen LogP contribution in [0.25, 0.3) is 0 Å². The first kappa shape index (κ1) is 14.1. The number of carbonyl (C=O) groups excluding carboxylic acids is 1. The van der Waals surface area contributed by atoms with Gasteiger partial charge in [-0.25, -0.2) is 0 Å². The van der Waals surface area contributed by atoms with Crippen LogP contribution in [0.15, 0.2) is 11.6 Å². The minimum Gasteiger partial charge on any atom is -0.481 e. The van der Waals surface area contributed by atoms with Crippen molar-refractivity contribution in [2.24, 2.45) is 11.8 Å². The molecule has 2 unspecified atom stereocenters. The third kappa shape index (κ3) is 3.82. The maximum atomic E-state index is 12.1. The van der Waals surface area contributed by atoms with E-state index in [1.807, 2.05) is 0 Å². The molecule has 0 heterocycles. The molecule has 0 aromatic carbocycles. The summed E-state index contributed by atoms with van der Waals surface area (Å²) in [5, 5.41) is 12.1. The van der Waals surface area contributed by atoms with E-state index in [2.05, 4.69) is 11.4 Å². The minimum atomic E-state index is -0.821. The number of nitrogens with one attached hydrogen (secondary N) is 1. The SMILES string of the molecule is O=C(O)C1CCCCC1C(=O)NCCC1=CCCC1. The highest BCUT2D eigenvalue weighted by Crippen LogP contribution is 2.30. The molecule has 1 saturated carbocycles. The van der Waals surface area contributed by atoms with Gasteiger partial charge in [0.25, 0.3) is 0 Å². The van der Waals surface area contributed by atoms with Crippen molar-refractivity contribution in [3.8, 4) is 0 Å². The molecule has 2 aliphatic carbocycles. The van der Waals surface area contributed by atoms with Crippen LogP contribution in [-0.4, -0.2) is 23.5 Å². The lowest BCUT2D eigenvalue weighted by atomic mass is 9.78. The Bertz CT molecular complexity index is 376. The molecule has 19 heavy (non-hydrogen) atoms. The quantitative estimate of drug-likeness (QED) is 0.750. The smallest absolute Gasteiger partial charge is 0.307 e. The van der Waals surface area contributed by atoms with E-state index in [1.165, 1.54) is 12.0 Å². The number of hydrogen-bond donors (Lipinski definition) is 2. The summed E-state index contributed by atoms with van der Waals surface area (Å²) in [4.78, 5) is 23.3. The third-order valence-electron chi connectivity index (χ3n) is 4.30. The summed E-state index contributed by atoms with van der Waals surface area (Å²) in [6.07, 6.45) is 9.95. The molecule has 1 amide bonds. The maximum absolute atomic E-state index is 12.1. The zero-order valence-electron chi connectivity index (χ0n) is 11.4. The van der Waals surface area contributed by atoms with Gasteiger partial charge in [-0.2, -0.15) is 0 Å². The Kier molecular flexibility index (Phi) is 5.00. The summed E-state index contributed by atoms with van der Waals surface area (Å²) >= 11 is 0. The van der Waals surface area contributed by atoms with E-state index in [0.29, 0.717) is 19.4 Å². The van der Waals surface area contributed by atoms with Gasteiger partial charge < -0.3 is 10.4 Å². The van der Waals surface area contributed by atoms with E-state index in [-0.39, 0.29) is 11.8 Å². The fourth-order valence-corrected chi connectivity index (χ4v) is 3.18. The summed E-state index contributed by atoms with van der Waals surface area (Å²) in [5.41, 5.74) is 1.43. The van der Waals surface area contributed by atoms with Crippen LogP contribution in [0, 0.1) is 11.8 Å². The monoisotopic (exact) mass is 265 g/mol. The number of carboxylic acids is 1. The van der Waals surface area contributed by atoms with Gasteiger partial charge in [0.2, 0.25) is 5.91 Å². The van der Waals surface area contributed by atoms with Crippen molar-refractivity contribution in [3.05, 3.63) is 11.6 Å². The Morgan fingerprint density at radius 1 is 1.21 bits per heavy atom. The van der Waals surface area contributed by atoms with E-state index < -0.39 is 11.9 Å². The zero-order chi connectivity index (χ0) is 13.7. The van der Waals surface area contributed by atoms with Gasteiger partial charge in [-0.1, -0.05) is 24.5 Å². The third-order valence-corrected chi connectivity index (χ3v) is 4.30. The van der Waals surface area contributed by atoms with Gasteiger partial charge in [0.15, 0.2) is 0 Å². The Labute approximate surface area is 114 Å². The van der Waals surface area contributed by atoms with Crippen LogP contribution in [0.2, 0.25) is 0 Å². The van der Waals surface area contributed by atoms with Crippen LogP contribution in [0.5, 0.6) is 0 Å². The maximum Gasteiger partial charge on any atom is 0.307 e. The van der Waals surface area contributed by atoms with E-state index in [0.717, 1.165) is 32.1 Å². The number of carboxylic acid groups (broad SMARTS) is 1. The first-order valence-electron chi connectivity index (χ1n) is 7.37. The molecule has 0 spiro atoms. The van der Waals surface area contributed by atoms with Crippen molar-refractivity contribution in [2.75, 3.05) is 6.54 Å². The number of carbonyl (C=O) groups is 2. The Morgan fingerprint density at radius 2 is 1.95 bits per heavy atom. The second-order valence-electron chi connectivity index (χ2n) is 5.63. The summed E-state index contributed by atoms with van der Waals surface area (Å²) in [6.45, 7) is 0.646. The molecule has 0 aromatic rings. The van der Waals surface area contributed by atoms with Crippen LogP contribution >= 0.6 is 0 Å². The molecular formula is C15H23NO3. The topological polar surface area (TPSA) is 66.4 Å². The molecular weight excluding hydrogens is 242 g/mol. The van der Waals surface area contributed by atoms with Crippen LogP contribution in [-0.2, 0) is 9.59 Å². The van der Waals surface area contributed by atoms with Gasteiger partial charge in [-0.3, -0.25) is 9.59 Å². The number of aliphatic carboxylic acids is 1. The highest BCUT2D eigenvalue weighted by Gasteiger charge is 2.35. The minimum absolute atomic E-state index is 0.0642. The highest BCUT2D eigenvalue weighted by molar-refractivity contribution is 5.84. The van der Waals surface area contributed by atoms with E-state index in [9.17, 15) is 9.59 Å². The Balaban J connectivity index is 1.78. The van der Waals surface area contributed by atoms with Crippen molar-refractivity contribution in [3.63, 3.8) is 0 Å². The molecule has 4 nitrogen and oxygen atoms in total. The zero-order valence-corrected chi connectivity index (χ0v) is 11.4. The normalized spacial score (nSPS) is 26.8. The average Bonchev–Trinajstić information content (AvgIpc) is 2.91. The Morgan fingerprint density at radius 3 is 2.58 bits per heavy atom. The largest absolute Gasteiger partial charge is 0.481 e. The number of rotatable bonds is 5. The lowest BCUT2D eigenvalue weighted by Crippen LogP contribution is -2.40. The number of hydrogen-bond acceptors (Lipinski definition) is 2. The van der Waals surface area contributed by atoms with Gasteiger partial charge in [-0.05, 0) is 38.5 Å². The molecule has 0 bridgehead atoms. The van der Waals surface area contributed by atoms with E-state index in [1.54, 1.807) is 0 Å². The second kappa shape index (κ2) is 6.73. The Hall–Kier alpha value is -1.32. The predicted octanol–water partition coefficient (Wildman–Crippen LogP) is 2.49. The molecule has 2 N–H and O–H groups in total. The lowest BCUT2D eigenvalue weighted by molar-refractivity contribution is -0.148. The molecule has 0 aliphatic heterocycles. The molecule has 4 heteroatoms. The molecule has 0 aromatic heterocycles. The van der Waals surface area contributed by atoms with Gasteiger partial charge in [-0.15, -0.1) is 0 Å². The molecule has 2 atom stereocenters. The summed E-state index contributed by atoms with van der Waals surface area (Å²) in [6, 6.07) is 0. The van der Waals surface area contributed by atoms with Crippen molar-refractivity contribution in [2.45, 2.75) is 51.4 Å². The standard InChI is InChI=1S/C15H23NO3/c17-14(16-10-9-11-5-1-2-6-11)12-7-3-4-8-13(12)15(18)19/h5,12-13H,1-4,6-10H2,(H,16,17)(H,18,19). The van der Waals surface area contributed by atoms with Crippen molar-refractivity contribution in [1.82, 2.24) is 5.32 Å². The van der Waals surface area contributed by atoms with Gasteiger partial charge in [0.1, 0.15) is 0 Å². The molecule has 0 radical (unpaired) electrons. The van der Waals surface area contributed by atoms with Crippen molar-refractivity contribution < 1.29 is 14.7 Å². The lowest BCUT2D eigenvalue weighted by Gasteiger charge is -2.27. The van der Waals surface area contributed by atoms with Gasteiger partial charge in [0, 0.05) is 6.54 Å². The number of amides is 1. The van der Waals surface area contributed by atoms with Crippen LogP contribution in [0.3, 0.4) is 0 Å². The summed E-state index contributed by atoms with van der Waals surface area (Å²) in [7, 11) is 0. The second-order valence-corrected chi connectivity index (χ2v) is 5.63. The average molecular weight is 265 g/mol. The van der Waals surface area contributed by atoms with Gasteiger partial charge >= 0.3 is 5.97 Å². The van der Waals surface area contributed by atoms with Crippen molar-refractivity contribution in [1.29, 1.82) is 0 Å². The summed E-state index contributed by atoms with van der Waals surface area (Å²) in [5.74, 6) is -1.70. The van der Waals surface area contributed by atoms with Crippen LogP contribution in [0.4, 0.5) is 0 Å². The first-order valence-corrected chi connectivity index (χ1v) is 7.37. The molecule has 1 fully saturated rings. The summed E-state index contributed by atoms with van der Waals surface area (Å²) < 4.78 is 0. The molecule has 106 valence electrons. The van der Waals surface area contributed by atoms with Crippen LogP contribution < -0.4 is 5.32 Å².